The van der Waals surface area contributed by atoms with Gasteiger partial charge in [0.15, 0.2) is 0 Å². The predicted molar refractivity (Wildman–Crippen MR) is 100 cm³/mol. The second-order valence-corrected chi connectivity index (χ2v) is 5.93. The lowest BCUT2D eigenvalue weighted by molar-refractivity contribution is 0.122. The van der Waals surface area contributed by atoms with Crippen molar-refractivity contribution < 1.29 is 4.74 Å². The molecule has 3 aromatic rings. The summed E-state index contributed by atoms with van der Waals surface area (Å²) >= 11 is 0. The van der Waals surface area contributed by atoms with Gasteiger partial charge in [-0.3, -0.25) is 0 Å². The maximum Gasteiger partial charge on any atom is 0.134 e. The molecule has 1 N–H and O–H groups in total. The highest BCUT2D eigenvalue weighted by molar-refractivity contribution is 5.66. The van der Waals surface area contributed by atoms with Crippen molar-refractivity contribution in [3.05, 3.63) is 67.0 Å². The Kier molecular flexibility index (Phi) is 4.57. The Labute approximate surface area is 147 Å². The fourth-order valence-corrected chi connectivity index (χ4v) is 2.92. The van der Waals surface area contributed by atoms with Gasteiger partial charge in [-0.05, 0) is 24.3 Å². The van der Waals surface area contributed by atoms with Gasteiger partial charge in [0.2, 0.25) is 0 Å². The van der Waals surface area contributed by atoms with Gasteiger partial charge < -0.3 is 15.0 Å². The van der Waals surface area contributed by atoms with E-state index in [-0.39, 0.29) is 0 Å². The number of aromatic nitrogens is 2. The lowest BCUT2D eigenvalue weighted by Crippen LogP contribution is -2.36. The Morgan fingerprint density at radius 1 is 0.880 bits per heavy atom. The van der Waals surface area contributed by atoms with Gasteiger partial charge in [-0.15, -0.1) is 0 Å². The van der Waals surface area contributed by atoms with Crippen LogP contribution in [0.25, 0.3) is 11.3 Å². The molecule has 1 aliphatic rings. The molecule has 5 nitrogen and oxygen atoms in total. The van der Waals surface area contributed by atoms with Gasteiger partial charge in [0.05, 0.1) is 18.9 Å². The van der Waals surface area contributed by atoms with Crippen LogP contribution in [-0.4, -0.2) is 36.3 Å². The van der Waals surface area contributed by atoms with Crippen molar-refractivity contribution in [1.29, 1.82) is 0 Å². The van der Waals surface area contributed by atoms with Crippen molar-refractivity contribution in [2.75, 3.05) is 36.5 Å². The highest BCUT2D eigenvalue weighted by atomic mass is 16.5. The van der Waals surface area contributed by atoms with E-state index in [2.05, 4.69) is 44.5 Å². The maximum atomic E-state index is 5.40. The molecule has 0 aliphatic carbocycles. The second kappa shape index (κ2) is 7.32. The number of nitrogens with one attached hydrogen (secondary N) is 1. The van der Waals surface area contributed by atoms with E-state index in [0.717, 1.165) is 49.1 Å². The lowest BCUT2D eigenvalue weighted by Gasteiger charge is -2.28. The minimum Gasteiger partial charge on any atom is -0.378 e. The summed E-state index contributed by atoms with van der Waals surface area (Å²) in [6, 6.07) is 20.5. The van der Waals surface area contributed by atoms with Crippen molar-refractivity contribution >= 4 is 17.2 Å². The van der Waals surface area contributed by atoms with E-state index in [1.807, 2.05) is 36.4 Å². The van der Waals surface area contributed by atoms with Crippen LogP contribution in [-0.2, 0) is 4.74 Å². The zero-order chi connectivity index (χ0) is 16.9. The Morgan fingerprint density at radius 3 is 2.40 bits per heavy atom. The second-order valence-electron chi connectivity index (χ2n) is 5.93. The van der Waals surface area contributed by atoms with Crippen molar-refractivity contribution in [2.24, 2.45) is 0 Å². The monoisotopic (exact) mass is 332 g/mol. The average molecular weight is 332 g/mol. The molecule has 2 aromatic carbocycles. The summed E-state index contributed by atoms with van der Waals surface area (Å²) in [5, 5.41) is 3.35. The number of morpholine rings is 1. The zero-order valence-electron chi connectivity index (χ0n) is 13.9. The highest BCUT2D eigenvalue weighted by Gasteiger charge is 2.10. The maximum absolute atomic E-state index is 5.40. The summed E-state index contributed by atoms with van der Waals surface area (Å²) < 4.78 is 5.40. The summed E-state index contributed by atoms with van der Waals surface area (Å²) in [6.45, 7) is 3.48. The summed E-state index contributed by atoms with van der Waals surface area (Å²) in [5.74, 6) is 0.785. The molecule has 1 fully saturated rings. The zero-order valence-corrected chi connectivity index (χ0v) is 13.9. The third-order valence-corrected chi connectivity index (χ3v) is 4.25. The first-order valence-corrected chi connectivity index (χ1v) is 8.46. The van der Waals surface area contributed by atoms with Gasteiger partial charge in [0.1, 0.15) is 12.1 Å². The molecule has 0 spiro atoms. The number of ether oxygens (including phenoxy) is 1. The standard InChI is InChI=1S/C20H20N4O/c1-2-4-16(5-3-1)19-14-20(22-15-21-19)23-17-6-8-18(9-7-17)24-10-12-25-13-11-24/h1-9,14-15H,10-13H2,(H,21,22,23). The van der Waals surface area contributed by atoms with Crippen LogP contribution in [0.2, 0.25) is 0 Å². The fourth-order valence-electron chi connectivity index (χ4n) is 2.92. The van der Waals surface area contributed by atoms with Crippen LogP contribution in [0.5, 0.6) is 0 Å². The molecule has 1 aromatic heterocycles. The van der Waals surface area contributed by atoms with Gasteiger partial charge in [-0.1, -0.05) is 30.3 Å². The number of nitrogens with zero attached hydrogens (tertiary/aromatic N) is 3. The molecule has 126 valence electrons. The van der Waals surface area contributed by atoms with Gasteiger partial charge in [0, 0.05) is 36.1 Å². The molecule has 1 aliphatic heterocycles. The normalized spacial score (nSPS) is 14.3. The van der Waals surface area contributed by atoms with Crippen molar-refractivity contribution in [3.8, 4) is 11.3 Å². The Balaban J connectivity index is 1.48. The van der Waals surface area contributed by atoms with Crippen LogP contribution in [0.3, 0.4) is 0 Å². The summed E-state index contributed by atoms with van der Waals surface area (Å²) in [6.07, 6.45) is 1.59. The first-order chi connectivity index (χ1) is 12.4. The van der Waals surface area contributed by atoms with Crippen LogP contribution >= 0.6 is 0 Å². The molecule has 0 atom stereocenters. The summed E-state index contributed by atoms with van der Waals surface area (Å²) in [5.41, 5.74) is 4.22. The van der Waals surface area contributed by atoms with Crippen molar-refractivity contribution in [3.63, 3.8) is 0 Å². The largest absolute Gasteiger partial charge is 0.378 e. The van der Waals surface area contributed by atoms with E-state index in [1.165, 1.54) is 5.69 Å². The lowest BCUT2D eigenvalue weighted by atomic mass is 10.1. The van der Waals surface area contributed by atoms with Crippen LogP contribution in [0, 0.1) is 0 Å². The molecule has 2 heterocycles. The van der Waals surface area contributed by atoms with Crippen LogP contribution < -0.4 is 10.2 Å². The van der Waals surface area contributed by atoms with Crippen LogP contribution in [0.4, 0.5) is 17.2 Å². The molecule has 0 amide bonds. The number of rotatable bonds is 4. The van der Waals surface area contributed by atoms with Gasteiger partial charge >= 0.3 is 0 Å². The van der Waals surface area contributed by atoms with E-state index in [4.69, 9.17) is 4.74 Å². The summed E-state index contributed by atoms with van der Waals surface area (Å²) in [7, 11) is 0. The predicted octanol–water partition coefficient (Wildman–Crippen LogP) is 3.72. The van der Waals surface area contributed by atoms with E-state index in [0.29, 0.717) is 0 Å². The Hall–Kier alpha value is -2.92. The molecular formula is C20H20N4O. The van der Waals surface area contributed by atoms with E-state index in [1.54, 1.807) is 6.33 Å². The smallest absolute Gasteiger partial charge is 0.134 e. The molecule has 0 unspecified atom stereocenters. The molecule has 4 rings (SSSR count). The first kappa shape index (κ1) is 15.6. The molecule has 0 radical (unpaired) electrons. The number of hydrogen-bond donors (Lipinski definition) is 1. The molecule has 0 bridgehead atoms. The summed E-state index contributed by atoms with van der Waals surface area (Å²) in [4.78, 5) is 11.0. The van der Waals surface area contributed by atoms with Crippen LogP contribution in [0.1, 0.15) is 0 Å². The Morgan fingerprint density at radius 2 is 1.64 bits per heavy atom. The molecule has 1 saturated heterocycles. The minimum atomic E-state index is 0.785. The average Bonchev–Trinajstić information content (AvgIpc) is 2.70. The molecule has 5 heteroatoms. The number of benzene rings is 2. The minimum absolute atomic E-state index is 0.785. The first-order valence-electron chi connectivity index (χ1n) is 8.46. The molecular weight excluding hydrogens is 312 g/mol. The topological polar surface area (TPSA) is 50.3 Å². The number of anilines is 3. The van der Waals surface area contributed by atoms with Gasteiger partial charge in [0.25, 0.3) is 0 Å². The number of hydrogen-bond acceptors (Lipinski definition) is 5. The quantitative estimate of drug-likeness (QED) is 0.789. The van der Waals surface area contributed by atoms with Crippen molar-refractivity contribution in [1.82, 2.24) is 9.97 Å². The van der Waals surface area contributed by atoms with E-state index < -0.39 is 0 Å². The molecule has 25 heavy (non-hydrogen) atoms. The highest BCUT2D eigenvalue weighted by Crippen LogP contribution is 2.23. The third kappa shape index (κ3) is 3.78. The van der Waals surface area contributed by atoms with E-state index >= 15 is 0 Å². The van der Waals surface area contributed by atoms with Crippen LogP contribution in [0.15, 0.2) is 67.0 Å². The molecule has 0 saturated carbocycles. The van der Waals surface area contributed by atoms with Crippen molar-refractivity contribution in [2.45, 2.75) is 0 Å². The van der Waals surface area contributed by atoms with Gasteiger partial charge in [-0.2, -0.15) is 0 Å². The van der Waals surface area contributed by atoms with E-state index in [9.17, 15) is 0 Å². The SMILES string of the molecule is c1ccc(-c2cc(Nc3ccc(N4CCOCC4)cc3)ncn2)cc1. The Bertz CT molecular complexity index is 815. The fraction of sp³-hybridized carbons (Fsp3) is 0.200. The van der Waals surface area contributed by atoms with Gasteiger partial charge in [-0.25, -0.2) is 9.97 Å². The third-order valence-electron chi connectivity index (χ3n) is 4.25.